The molecule has 2 atom stereocenters. The van der Waals surface area contributed by atoms with Crippen LogP contribution in [0.15, 0.2) is 24.3 Å². The largest absolute Gasteiger partial charge is 0.339 e. The molecule has 2 aliphatic heterocycles. The maximum atomic E-state index is 12.3. The molecule has 2 aliphatic rings. The number of piperidine rings is 1. The number of carbonyl (C=O) groups excluding carboxylic acids is 2. The first-order chi connectivity index (χ1) is 12.1. The number of nitrogens with zero attached hydrogens (tertiary/aromatic N) is 1. The number of benzene rings is 1. The third kappa shape index (κ3) is 4.98. The van der Waals surface area contributed by atoms with Crippen LogP contribution in [0.5, 0.6) is 0 Å². The van der Waals surface area contributed by atoms with E-state index in [0.717, 1.165) is 18.5 Å². The minimum Gasteiger partial charge on any atom is -0.339 e. The van der Waals surface area contributed by atoms with Crippen molar-refractivity contribution in [2.45, 2.75) is 58.0 Å². The number of rotatable bonds is 6. The summed E-state index contributed by atoms with van der Waals surface area (Å²) >= 11 is 0. The van der Waals surface area contributed by atoms with Crippen molar-refractivity contribution in [2.24, 2.45) is 5.92 Å². The number of anilines is 1. The Hall–Kier alpha value is -1.59. The fourth-order valence-electron chi connectivity index (χ4n) is 4.21. The van der Waals surface area contributed by atoms with Gasteiger partial charge in [0, 0.05) is 42.8 Å². The molecule has 2 unspecified atom stereocenters. The van der Waals surface area contributed by atoms with Gasteiger partial charge in [-0.2, -0.15) is 0 Å². The van der Waals surface area contributed by atoms with Gasteiger partial charge in [-0.1, -0.05) is 0 Å². The number of amides is 2. The Labute approximate surface area is 162 Å². The average molecular weight is 380 g/mol. The fraction of sp³-hybridized carbons (Fsp3) is 0.600. The van der Waals surface area contributed by atoms with E-state index in [9.17, 15) is 9.59 Å². The molecule has 2 heterocycles. The Morgan fingerprint density at radius 2 is 1.65 bits per heavy atom. The summed E-state index contributed by atoms with van der Waals surface area (Å²) in [5.41, 5.74) is 1.43. The first-order valence-electron chi connectivity index (χ1n) is 9.54. The maximum absolute atomic E-state index is 12.3. The van der Waals surface area contributed by atoms with Crippen LogP contribution in [0.3, 0.4) is 0 Å². The average Bonchev–Trinajstić information content (AvgIpc) is 2.95. The smallest absolute Gasteiger partial charge is 0.253 e. The van der Waals surface area contributed by atoms with E-state index >= 15 is 0 Å². The van der Waals surface area contributed by atoms with Gasteiger partial charge in [0.1, 0.15) is 0 Å². The predicted octanol–water partition coefficient (Wildman–Crippen LogP) is 3.45. The molecule has 5 nitrogen and oxygen atoms in total. The van der Waals surface area contributed by atoms with E-state index in [2.05, 4.69) is 10.6 Å². The van der Waals surface area contributed by atoms with Crippen molar-refractivity contribution in [3.05, 3.63) is 29.8 Å². The number of fused-ring (bicyclic) bond motifs is 2. The van der Waals surface area contributed by atoms with Crippen LogP contribution in [0.2, 0.25) is 0 Å². The molecule has 0 spiro atoms. The quantitative estimate of drug-likeness (QED) is 0.795. The third-order valence-electron chi connectivity index (χ3n) is 5.51. The van der Waals surface area contributed by atoms with Crippen LogP contribution in [-0.4, -0.2) is 41.9 Å². The van der Waals surface area contributed by atoms with E-state index in [4.69, 9.17) is 0 Å². The molecule has 2 fully saturated rings. The van der Waals surface area contributed by atoms with Gasteiger partial charge in [0.2, 0.25) is 5.91 Å². The van der Waals surface area contributed by atoms with Crippen molar-refractivity contribution in [1.82, 2.24) is 10.2 Å². The monoisotopic (exact) mass is 379 g/mol. The van der Waals surface area contributed by atoms with Crippen LogP contribution in [0.25, 0.3) is 0 Å². The van der Waals surface area contributed by atoms with Crippen LogP contribution in [0.4, 0.5) is 5.69 Å². The van der Waals surface area contributed by atoms with Gasteiger partial charge >= 0.3 is 0 Å². The van der Waals surface area contributed by atoms with Crippen molar-refractivity contribution < 1.29 is 9.59 Å². The van der Waals surface area contributed by atoms with Gasteiger partial charge in [0.15, 0.2) is 0 Å². The Morgan fingerprint density at radius 1 is 1.08 bits per heavy atom. The Bertz CT molecular complexity index is 604. The summed E-state index contributed by atoms with van der Waals surface area (Å²) in [6.45, 7) is 5.35. The molecule has 2 N–H and O–H groups in total. The van der Waals surface area contributed by atoms with Crippen LogP contribution < -0.4 is 10.6 Å². The lowest BCUT2D eigenvalue weighted by molar-refractivity contribution is -0.117. The Balaban J connectivity index is 0.00000243. The molecule has 0 aliphatic carbocycles. The number of halogens is 1. The third-order valence-corrected chi connectivity index (χ3v) is 5.51. The second kappa shape index (κ2) is 9.38. The molecule has 6 heteroatoms. The van der Waals surface area contributed by atoms with E-state index < -0.39 is 0 Å². The zero-order valence-electron chi connectivity index (χ0n) is 15.7. The van der Waals surface area contributed by atoms with Crippen molar-refractivity contribution >= 4 is 29.9 Å². The molecule has 0 aromatic heterocycles. The van der Waals surface area contributed by atoms with E-state index in [1.165, 1.54) is 12.8 Å². The topological polar surface area (TPSA) is 61.4 Å². The van der Waals surface area contributed by atoms with Gasteiger partial charge < -0.3 is 15.5 Å². The maximum Gasteiger partial charge on any atom is 0.253 e. The highest BCUT2D eigenvalue weighted by Gasteiger charge is 2.34. The summed E-state index contributed by atoms with van der Waals surface area (Å²) in [5.74, 6) is 0.601. The standard InChI is InChI=1S/C20H29N3O2.ClH/c1-3-23(4-2)20(25)15-5-7-16(8-6-15)22-19(24)13-14-11-17-9-10-18(12-14)21-17;/h5-8,14,17-18,21H,3-4,9-13H2,1-2H3,(H,22,24);1H. The molecular formula is C20H30ClN3O2. The summed E-state index contributed by atoms with van der Waals surface area (Å²) in [7, 11) is 0. The summed E-state index contributed by atoms with van der Waals surface area (Å²) in [4.78, 5) is 26.4. The van der Waals surface area contributed by atoms with Crippen molar-refractivity contribution in [3.8, 4) is 0 Å². The molecule has 2 amide bonds. The lowest BCUT2D eigenvalue weighted by Gasteiger charge is -2.28. The molecular weight excluding hydrogens is 350 g/mol. The van der Waals surface area contributed by atoms with Crippen molar-refractivity contribution in [1.29, 1.82) is 0 Å². The summed E-state index contributed by atoms with van der Waals surface area (Å²) in [6, 6.07) is 8.45. The predicted molar refractivity (Wildman–Crippen MR) is 107 cm³/mol. The highest BCUT2D eigenvalue weighted by molar-refractivity contribution is 5.95. The second-order valence-electron chi connectivity index (χ2n) is 7.28. The van der Waals surface area contributed by atoms with E-state index in [0.29, 0.717) is 43.1 Å². The molecule has 1 aromatic rings. The van der Waals surface area contributed by atoms with Gasteiger partial charge in [-0.15, -0.1) is 12.4 Å². The van der Waals surface area contributed by atoms with Gasteiger partial charge in [0.25, 0.3) is 5.91 Å². The van der Waals surface area contributed by atoms with E-state index in [1.54, 1.807) is 17.0 Å². The highest BCUT2D eigenvalue weighted by Crippen LogP contribution is 2.32. The number of carbonyl (C=O) groups is 2. The summed E-state index contributed by atoms with van der Waals surface area (Å²) < 4.78 is 0. The summed E-state index contributed by atoms with van der Waals surface area (Å²) in [6.07, 6.45) is 5.33. The molecule has 144 valence electrons. The van der Waals surface area contributed by atoms with E-state index in [1.807, 2.05) is 26.0 Å². The number of nitrogens with one attached hydrogen (secondary N) is 2. The minimum atomic E-state index is 0. The molecule has 0 radical (unpaired) electrons. The SMILES string of the molecule is CCN(CC)C(=O)c1ccc(NC(=O)CC2CC3CCC(C2)N3)cc1.Cl. The van der Waals surface area contributed by atoms with Crippen LogP contribution in [0.1, 0.15) is 56.3 Å². The van der Waals surface area contributed by atoms with Crippen LogP contribution in [-0.2, 0) is 4.79 Å². The number of hydrogen-bond acceptors (Lipinski definition) is 3. The molecule has 3 rings (SSSR count). The Morgan fingerprint density at radius 3 is 2.19 bits per heavy atom. The van der Waals surface area contributed by atoms with Crippen LogP contribution >= 0.6 is 12.4 Å². The van der Waals surface area contributed by atoms with Gasteiger partial charge in [0.05, 0.1) is 0 Å². The highest BCUT2D eigenvalue weighted by atomic mass is 35.5. The molecule has 2 saturated heterocycles. The molecule has 0 saturated carbocycles. The zero-order chi connectivity index (χ0) is 17.8. The normalized spacial score (nSPS) is 23.8. The molecule has 1 aromatic carbocycles. The Kier molecular flexibility index (Phi) is 7.47. The van der Waals surface area contributed by atoms with Crippen molar-refractivity contribution in [3.63, 3.8) is 0 Å². The van der Waals surface area contributed by atoms with Gasteiger partial charge in [-0.3, -0.25) is 9.59 Å². The minimum absolute atomic E-state index is 0. The second-order valence-corrected chi connectivity index (χ2v) is 7.28. The lowest BCUT2D eigenvalue weighted by atomic mass is 9.89. The zero-order valence-corrected chi connectivity index (χ0v) is 16.5. The molecule has 2 bridgehead atoms. The van der Waals surface area contributed by atoms with E-state index in [-0.39, 0.29) is 24.2 Å². The number of hydrogen-bond donors (Lipinski definition) is 2. The van der Waals surface area contributed by atoms with Gasteiger partial charge in [-0.25, -0.2) is 0 Å². The lowest BCUT2D eigenvalue weighted by Crippen LogP contribution is -2.39. The fourth-order valence-corrected chi connectivity index (χ4v) is 4.21. The van der Waals surface area contributed by atoms with Crippen LogP contribution in [0, 0.1) is 5.92 Å². The van der Waals surface area contributed by atoms with Gasteiger partial charge in [-0.05, 0) is 69.7 Å². The summed E-state index contributed by atoms with van der Waals surface area (Å²) in [5, 5.41) is 6.59. The first-order valence-corrected chi connectivity index (χ1v) is 9.54. The molecule has 26 heavy (non-hydrogen) atoms. The van der Waals surface area contributed by atoms with Crippen molar-refractivity contribution in [2.75, 3.05) is 18.4 Å². The first kappa shape index (κ1) is 20.7.